The van der Waals surface area contributed by atoms with E-state index in [1.807, 2.05) is 6.92 Å². The topological polar surface area (TPSA) is 62.3 Å². The summed E-state index contributed by atoms with van der Waals surface area (Å²) in [4.78, 5) is 27.6. The lowest BCUT2D eigenvalue weighted by Gasteiger charge is -2.21. The Labute approximate surface area is 109 Å². The van der Waals surface area contributed by atoms with Crippen LogP contribution in [0.15, 0.2) is 12.3 Å². The Hall–Kier alpha value is -2.05. The number of hydrogen-bond donors (Lipinski definition) is 1. The molecular formula is C12H15F2N3O2. The molecule has 5 nitrogen and oxygen atoms in total. The van der Waals surface area contributed by atoms with Crippen LogP contribution in [0.5, 0.6) is 0 Å². The Morgan fingerprint density at radius 2 is 2.11 bits per heavy atom. The van der Waals surface area contributed by atoms with E-state index in [0.29, 0.717) is 6.42 Å². The molecule has 1 N–H and O–H groups in total. The molecule has 0 unspecified atom stereocenters. The molecule has 0 spiro atoms. The first-order valence-corrected chi connectivity index (χ1v) is 5.81. The van der Waals surface area contributed by atoms with Crippen molar-refractivity contribution >= 4 is 11.8 Å². The molecule has 1 heterocycles. The van der Waals surface area contributed by atoms with Crippen LogP contribution >= 0.6 is 0 Å². The number of carbonyl (C=O) groups excluding carboxylic acids is 2. The highest BCUT2D eigenvalue weighted by molar-refractivity contribution is 5.96. The van der Waals surface area contributed by atoms with Crippen molar-refractivity contribution in [2.45, 2.75) is 13.3 Å². The van der Waals surface area contributed by atoms with Crippen molar-refractivity contribution in [2.24, 2.45) is 0 Å². The Morgan fingerprint density at radius 3 is 2.68 bits per heavy atom. The molecule has 0 aliphatic carbocycles. The van der Waals surface area contributed by atoms with E-state index in [2.05, 4.69) is 10.3 Å². The maximum Gasteiger partial charge on any atom is 0.257 e. The van der Waals surface area contributed by atoms with Crippen LogP contribution in [0.4, 0.5) is 8.78 Å². The predicted molar refractivity (Wildman–Crippen MR) is 64.4 cm³/mol. The van der Waals surface area contributed by atoms with Gasteiger partial charge in [-0.05, 0) is 12.5 Å². The summed E-state index contributed by atoms with van der Waals surface area (Å²) >= 11 is 0. The zero-order valence-corrected chi connectivity index (χ0v) is 10.7. The third kappa shape index (κ3) is 3.70. The molecule has 0 atom stereocenters. The monoisotopic (exact) mass is 271 g/mol. The minimum absolute atomic E-state index is 0.202. The second kappa shape index (κ2) is 6.77. The molecule has 0 aliphatic heterocycles. The van der Waals surface area contributed by atoms with Crippen LogP contribution in [-0.4, -0.2) is 41.8 Å². The van der Waals surface area contributed by atoms with Gasteiger partial charge in [0.1, 0.15) is 0 Å². The van der Waals surface area contributed by atoms with E-state index in [9.17, 15) is 18.4 Å². The largest absolute Gasteiger partial charge is 0.358 e. The normalized spacial score (nSPS) is 10.1. The number of rotatable bonds is 5. The lowest BCUT2D eigenvalue weighted by atomic mass is 10.2. The van der Waals surface area contributed by atoms with Gasteiger partial charge in [0.25, 0.3) is 5.91 Å². The van der Waals surface area contributed by atoms with Gasteiger partial charge in [-0.1, -0.05) is 6.92 Å². The van der Waals surface area contributed by atoms with Crippen molar-refractivity contribution in [3.05, 3.63) is 29.6 Å². The summed E-state index contributed by atoms with van der Waals surface area (Å²) in [6.07, 6.45) is 1.60. The van der Waals surface area contributed by atoms with E-state index in [1.165, 1.54) is 7.05 Å². The standard InChI is InChI=1S/C12H15F2N3O2/c1-3-6-17(7-9(18)15-2)12(19)8-4-5-16-11(14)10(8)13/h4-5H,3,6-7H2,1-2H3,(H,15,18). The fourth-order valence-corrected chi connectivity index (χ4v) is 1.53. The Bertz CT molecular complexity index is 480. The summed E-state index contributed by atoms with van der Waals surface area (Å²) in [7, 11) is 1.43. The molecule has 2 amide bonds. The first kappa shape index (κ1) is 15.0. The molecule has 1 aromatic rings. The average Bonchev–Trinajstić information content (AvgIpc) is 2.40. The number of carbonyl (C=O) groups is 2. The van der Waals surface area contributed by atoms with Crippen molar-refractivity contribution < 1.29 is 18.4 Å². The average molecular weight is 271 g/mol. The van der Waals surface area contributed by atoms with Crippen LogP contribution < -0.4 is 5.32 Å². The zero-order chi connectivity index (χ0) is 14.4. The van der Waals surface area contributed by atoms with Crippen LogP contribution in [0, 0.1) is 11.8 Å². The van der Waals surface area contributed by atoms with E-state index in [1.54, 1.807) is 0 Å². The highest BCUT2D eigenvalue weighted by atomic mass is 19.2. The van der Waals surface area contributed by atoms with Gasteiger partial charge in [-0.15, -0.1) is 0 Å². The lowest BCUT2D eigenvalue weighted by Crippen LogP contribution is -2.40. The molecule has 0 bridgehead atoms. The van der Waals surface area contributed by atoms with Crippen molar-refractivity contribution in [1.82, 2.24) is 15.2 Å². The number of nitrogens with zero attached hydrogens (tertiary/aromatic N) is 2. The molecule has 0 saturated carbocycles. The maximum absolute atomic E-state index is 13.5. The molecular weight excluding hydrogens is 256 g/mol. The summed E-state index contributed by atoms with van der Waals surface area (Å²) in [6.45, 7) is 1.88. The smallest absolute Gasteiger partial charge is 0.257 e. The van der Waals surface area contributed by atoms with Gasteiger partial charge >= 0.3 is 0 Å². The molecule has 0 aromatic carbocycles. The van der Waals surface area contributed by atoms with Crippen molar-refractivity contribution in [1.29, 1.82) is 0 Å². The quantitative estimate of drug-likeness (QED) is 0.811. The second-order valence-corrected chi connectivity index (χ2v) is 3.86. The minimum atomic E-state index is -1.33. The fraction of sp³-hybridized carbons (Fsp3) is 0.417. The summed E-state index contributed by atoms with van der Waals surface area (Å²) in [6, 6.07) is 1.09. The summed E-state index contributed by atoms with van der Waals surface area (Å²) in [5.74, 6) is -3.74. The molecule has 7 heteroatoms. The van der Waals surface area contributed by atoms with Crippen LogP contribution in [0.2, 0.25) is 0 Å². The van der Waals surface area contributed by atoms with Gasteiger partial charge in [0.2, 0.25) is 11.9 Å². The Balaban J connectivity index is 2.98. The first-order chi connectivity index (χ1) is 9.01. The predicted octanol–water partition coefficient (Wildman–Crippen LogP) is 0.958. The van der Waals surface area contributed by atoms with E-state index >= 15 is 0 Å². The number of nitrogens with one attached hydrogen (secondary N) is 1. The fourth-order valence-electron chi connectivity index (χ4n) is 1.53. The van der Waals surface area contributed by atoms with Gasteiger partial charge in [0, 0.05) is 19.8 Å². The third-order valence-electron chi connectivity index (χ3n) is 2.47. The van der Waals surface area contributed by atoms with Crippen LogP contribution in [0.1, 0.15) is 23.7 Å². The minimum Gasteiger partial charge on any atom is -0.358 e. The molecule has 1 aromatic heterocycles. The van der Waals surface area contributed by atoms with Crippen LogP contribution in [0.3, 0.4) is 0 Å². The number of pyridine rings is 1. The van der Waals surface area contributed by atoms with Crippen LogP contribution in [-0.2, 0) is 4.79 Å². The number of likely N-dealkylation sites (N-methyl/N-ethyl adjacent to an activating group) is 1. The van der Waals surface area contributed by atoms with E-state index in [-0.39, 0.29) is 19.0 Å². The van der Waals surface area contributed by atoms with Gasteiger partial charge in [0.05, 0.1) is 12.1 Å². The van der Waals surface area contributed by atoms with E-state index in [0.717, 1.165) is 17.2 Å². The van der Waals surface area contributed by atoms with Crippen LogP contribution in [0.25, 0.3) is 0 Å². The number of amides is 2. The van der Waals surface area contributed by atoms with Gasteiger partial charge in [-0.3, -0.25) is 9.59 Å². The molecule has 0 fully saturated rings. The highest BCUT2D eigenvalue weighted by Crippen LogP contribution is 2.12. The second-order valence-electron chi connectivity index (χ2n) is 3.86. The first-order valence-electron chi connectivity index (χ1n) is 5.81. The maximum atomic E-state index is 13.5. The van der Waals surface area contributed by atoms with Crippen molar-refractivity contribution in [3.8, 4) is 0 Å². The number of aromatic nitrogens is 1. The highest BCUT2D eigenvalue weighted by Gasteiger charge is 2.22. The van der Waals surface area contributed by atoms with E-state index < -0.39 is 23.2 Å². The summed E-state index contributed by atoms with van der Waals surface area (Å²) < 4.78 is 26.5. The zero-order valence-electron chi connectivity index (χ0n) is 10.7. The summed E-state index contributed by atoms with van der Waals surface area (Å²) in [5, 5.41) is 2.37. The third-order valence-corrected chi connectivity index (χ3v) is 2.47. The van der Waals surface area contributed by atoms with E-state index in [4.69, 9.17) is 0 Å². The van der Waals surface area contributed by atoms with Crippen molar-refractivity contribution in [3.63, 3.8) is 0 Å². The molecule has 104 valence electrons. The lowest BCUT2D eigenvalue weighted by molar-refractivity contribution is -0.121. The van der Waals surface area contributed by atoms with Crippen molar-refractivity contribution in [2.75, 3.05) is 20.1 Å². The molecule has 19 heavy (non-hydrogen) atoms. The molecule has 0 radical (unpaired) electrons. The van der Waals surface area contributed by atoms with Gasteiger partial charge in [0.15, 0.2) is 5.82 Å². The van der Waals surface area contributed by atoms with Gasteiger partial charge in [-0.25, -0.2) is 9.37 Å². The molecule has 0 aliphatic rings. The molecule has 0 saturated heterocycles. The number of hydrogen-bond acceptors (Lipinski definition) is 3. The Morgan fingerprint density at radius 1 is 1.42 bits per heavy atom. The number of halogens is 2. The van der Waals surface area contributed by atoms with Gasteiger partial charge in [-0.2, -0.15) is 4.39 Å². The molecule has 1 rings (SSSR count). The van der Waals surface area contributed by atoms with Gasteiger partial charge < -0.3 is 10.2 Å². The Kier molecular flexibility index (Phi) is 5.35. The SMILES string of the molecule is CCCN(CC(=O)NC)C(=O)c1ccnc(F)c1F. The summed E-state index contributed by atoms with van der Waals surface area (Å²) in [5.41, 5.74) is -0.426.